The summed E-state index contributed by atoms with van der Waals surface area (Å²) < 4.78 is 0. The maximum absolute atomic E-state index is 2.52. The number of unbranched alkanes of at least 4 members (excludes halogenated alkanes) is 5. The molecular weight excluding hydrogens is 196 g/mol. The Morgan fingerprint density at radius 2 is 1.06 bits per heavy atom. The highest BCUT2D eigenvalue weighted by atomic mass is 15.1. The van der Waals surface area contributed by atoms with Crippen LogP contribution in [0.4, 0.5) is 0 Å². The van der Waals surface area contributed by atoms with Gasteiger partial charge in [0.2, 0.25) is 0 Å². The van der Waals surface area contributed by atoms with Gasteiger partial charge in [0, 0.05) is 0 Å². The molecule has 0 saturated carbocycles. The Kier molecular flexibility index (Phi) is 11.3. The Bertz CT molecular complexity index is 131. The minimum absolute atomic E-state index is 1.21. The molecule has 0 aromatic heterocycles. The smallest absolute Gasteiger partial charge is 0.00190 e. The Hall–Kier alpha value is -0.0800. The molecule has 0 aliphatic carbocycles. The zero-order chi connectivity index (χ0) is 12.2. The van der Waals surface area contributed by atoms with Gasteiger partial charge in [-0.15, -0.1) is 0 Å². The predicted octanol–water partition coefficient (Wildman–Crippen LogP) is 3.23. The molecule has 0 aromatic rings. The van der Waals surface area contributed by atoms with Gasteiger partial charge in [0.1, 0.15) is 0 Å². The molecule has 0 aromatic carbocycles. The normalized spacial score (nSPS) is 11.6. The van der Waals surface area contributed by atoms with E-state index in [1.165, 1.54) is 64.7 Å². The molecule has 16 heavy (non-hydrogen) atoms. The van der Waals surface area contributed by atoms with Crippen molar-refractivity contribution in [2.75, 3.05) is 40.3 Å². The summed E-state index contributed by atoms with van der Waals surface area (Å²) in [6.07, 6.45) is 8.42. The average molecular weight is 228 g/mol. The maximum Gasteiger partial charge on any atom is -0.00190 e. The SMILES string of the molecule is CCN(CC)CCCCCCCCN(C)C. The fourth-order valence-corrected chi connectivity index (χ4v) is 2.01. The molecule has 0 aliphatic rings. The summed E-state index contributed by atoms with van der Waals surface area (Å²) in [6.45, 7) is 9.47. The van der Waals surface area contributed by atoms with E-state index in [1.807, 2.05) is 0 Å². The van der Waals surface area contributed by atoms with Gasteiger partial charge in [0.15, 0.2) is 0 Å². The lowest BCUT2D eigenvalue weighted by atomic mass is 10.1. The van der Waals surface area contributed by atoms with Gasteiger partial charge in [-0.1, -0.05) is 39.5 Å². The van der Waals surface area contributed by atoms with E-state index in [9.17, 15) is 0 Å². The van der Waals surface area contributed by atoms with Crippen LogP contribution >= 0.6 is 0 Å². The molecule has 2 heteroatoms. The Labute approximate surface area is 103 Å². The number of rotatable bonds is 11. The Morgan fingerprint density at radius 1 is 0.625 bits per heavy atom. The highest BCUT2D eigenvalue weighted by Gasteiger charge is 1.98. The molecule has 0 radical (unpaired) electrons. The van der Waals surface area contributed by atoms with Crippen LogP contribution < -0.4 is 0 Å². The molecule has 98 valence electrons. The summed E-state index contributed by atoms with van der Waals surface area (Å²) in [4.78, 5) is 4.80. The molecule has 0 saturated heterocycles. The third-order valence-corrected chi connectivity index (χ3v) is 3.22. The Balaban J connectivity index is 3.09. The van der Waals surface area contributed by atoms with Crippen LogP contribution in [0.1, 0.15) is 52.4 Å². The minimum Gasteiger partial charge on any atom is -0.309 e. The first kappa shape index (κ1) is 15.9. The van der Waals surface area contributed by atoms with Crippen LogP contribution in [0.2, 0.25) is 0 Å². The van der Waals surface area contributed by atoms with E-state index in [0.717, 1.165) is 0 Å². The van der Waals surface area contributed by atoms with Crippen molar-refractivity contribution in [3.63, 3.8) is 0 Å². The monoisotopic (exact) mass is 228 g/mol. The van der Waals surface area contributed by atoms with Gasteiger partial charge in [-0.05, 0) is 53.1 Å². The van der Waals surface area contributed by atoms with Crippen molar-refractivity contribution >= 4 is 0 Å². The van der Waals surface area contributed by atoms with E-state index in [0.29, 0.717) is 0 Å². The van der Waals surface area contributed by atoms with E-state index in [1.54, 1.807) is 0 Å². The number of hydrogen-bond acceptors (Lipinski definition) is 2. The quantitative estimate of drug-likeness (QED) is 0.501. The molecule has 0 amide bonds. The molecule has 0 fully saturated rings. The summed E-state index contributed by atoms with van der Waals surface area (Å²) in [7, 11) is 4.31. The van der Waals surface area contributed by atoms with Crippen molar-refractivity contribution in [2.45, 2.75) is 52.4 Å². The molecule has 0 atom stereocenters. The summed E-state index contributed by atoms with van der Waals surface area (Å²) in [5.41, 5.74) is 0. The first-order valence-electron chi connectivity index (χ1n) is 7.07. The van der Waals surface area contributed by atoms with E-state index in [2.05, 4.69) is 37.7 Å². The van der Waals surface area contributed by atoms with Crippen molar-refractivity contribution in [3.8, 4) is 0 Å². The molecule has 0 spiro atoms. The molecule has 0 N–H and O–H groups in total. The van der Waals surface area contributed by atoms with Crippen molar-refractivity contribution in [3.05, 3.63) is 0 Å². The van der Waals surface area contributed by atoms with Crippen molar-refractivity contribution in [2.24, 2.45) is 0 Å². The first-order valence-corrected chi connectivity index (χ1v) is 7.07. The predicted molar refractivity (Wildman–Crippen MR) is 74.0 cm³/mol. The zero-order valence-electron chi connectivity index (χ0n) is 12.0. The second-order valence-corrected chi connectivity index (χ2v) is 4.95. The van der Waals surface area contributed by atoms with Crippen molar-refractivity contribution in [1.82, 2.24) is 9.80 Å². The summed E-state index contributed by atoms with van der Waals surface area (Å²) in [5.74, 6) is 0. The lowest BCUT2D eigenvalue weighted by Crippen LogP contribution is -2.23. The molecular formula is C14H32N2. The highest BCUT2D eigenvalue weighted by Crippen LogP contribution is 2.06. The fourth-order valence-electron chi connectivity index (χ4n) is 2.01. The molecule has 0 unspecified atom stereocenters. The van der Waals surface area contributed by atoms with Crippen LogP contribution in [-0.4, -0.2) is 50.1 Å². The first-order chi connectivity index (χ1) is 7.70. The lowest BCUT2D eigenvalue weighted by Gasteiger charge is -2.17. The lowest BCUT2D eigenvalue weighted by molar-refractivity contribution is 0.295. The van der Waals surface area contributed by atoms with Gasteiger partial charge in [-0.25, -0.2) is 0 Å². The van der Waals surface area contributed by atoms with Crippen LogP contribution in [0.5, 0.6) is 0 Å². The van der Waals surface area contributed by atoms with Crippen LogP contribution in [0.25, 0.3) is 0 Å². The van der Waals surface area contributed by atoms with E-state index < -0.39 is 0 Å². The van der Waals surface area contributed by atoms with E-state index in [-0.39, 0.29) is 0 Å². The van der Waals surface area contributed by atoms with E-state index >= 15 is 0 Å². The van der Waals surface area contributed by atoms with Crippen molar-refractivity contribution in [1.29, 1.82) is 0 Å². The third kappa shape index (κ3) is 10.4. The summed E-state index contributed by atoms with van der Waals surface area (Å²) in [5, 5.41) is 0. The highest BCUT2D eigenvalue weighted by molar-refractivity contribution is 4.53. The standard InChI is InChI=1S/C14H32N2/c1-5-16(6-2)14-12-10-8-7-9-11-13-15(3)4/h5-14H2,1-4H3. The summed E-state index contributed by atoms with van der Waals surface area (Å²) >= 11 is 0. The van der Waals surface area contributed by atoms with Crippen LogP contribution in [0.3, 0.4) is 0 Å². The Morgan fingerprint density at radius 3 is 1.50 bits per heavy atom. The number of hydrogen-bond donors (Lipinski definition) is 0. The van der Waals surface area contributed by atoms with Gasteiger partial charge in [0.05, 0.1) is 0 Å². The van der Waals surface area contributed by atoms with Gasteiger partial charge >= 0.3 is 0 Å². The second kappa shape index (κ2) is 11.4. The van der Waals surface area contributed by atoms with E-state index in [4.69, 9.17) is 0 Å². The van der Waals surface area contributed by atoms with Gasteiger partial charge in [-0.3, -0.25) is 0 Å². The molecule has 0 aliphatic heterocycles. The molecule has 0 bridgehead atoms. The second-order valence-electron chi connectivity index (χ2n) is 4.95. The topological polar surface area (TPSA) is 6.48 Å². The fraction of sp³-hybridized carbons (Fsp3) is 1.00. The minimum atomic E-state index is 1.21. The third-order valence-electron chi connectivity index (χ3n) is 3.22. The summed E-state index contributed by atoms with van der Waals surface area (Å²) in [6, 6.07) is 0. The van der Waals surface area contributed by atoms with Crippen LogP contribution in [0.15, 0.2) is 0 Å². The van der Waals surface area contributed by atoms with Crippen LogP contribution in [0, 0.1) is 0 Å². The molecule has 2 nitrogen and oxygen atoms in total. The molecule has 0 heterocycles. The zero-order valence-corrected chi connectivity index (χ0v) is 12.0. The molecule has 0 rings (SSSR count). The number of nitrogens with zero attached hydrogens (tertiary/aromatic N) is 2. The van der Waals surface area contributed by atoms with Gasteiger partial charge in [-0.2, -0.15) is 0 Å². The largest absolute Gasteiger partial charge is 0.309 e. The average Bonchev–Trinajstić information content (AvgIpc) is 2.27. The maximum atomic E-state index is 2.52. The van der Waals surface area contributed by atoms with Gasteiger partial charge in [0.25, 0.3) is 0 Å². The van der Waals surface area contributed by atoms with Gasteiger partial charge < -0.3 is 9.80 Å². The van der Waals surface area contributed by atoms with Crippen LogP contribution in [-0.2, 0) is 0 Å². The van der Waals surface area contributed by atoms with Crippen molar-refractivity contribution < 1.29 is 0 Å².